The number of hydrogen-bond donors (Lipinski definition) is 2. The molecule has 146 valence electrons. The first-order chi connectivity index (χ1) is 13.3. The van der Waals surface area contributed by atoms with Gasteiger partial charge in [0.2, 0.25) is 5.91 Å². The molecule has 2 aromatic rings. The number of hydrogen-bond acceptors (Lipinski definition) is 5. The number of carboxylic acid groups (broad SMARTS) is 1. The van der Waals surface area contributed by atoms with Gasteiger partial charge in [-0.25, -0.2) is 4.79 Å². The van der Waals surface area contributed by atoms with Crippen molar-refractivity contribution >= 4 is 29.2 Å². The molecule has 7 nitrogen and oxygen atoms in total. The lowest BCUT2D eigenvalue weighted by atomic mass is 9.69. The maximum Gasteiger partial charge on any atom is 0.335 e. The summed E-state index contributed by atoms with van der Waals surface area (Å²) in [5.74, 6) is -1.07. The van der Waals surface area contributed by atoms with Crippen LogP contribution in [0.5, 0.6) is 6.01 Å². The van der Waals surface area contributed by atoms with E-state index in [2.05, 4.69) is 15.3 Å². The van der Waals surface area contributed by atoms with Gasteiger partial charge in [-0.2, -0.15) is 9.97 Å². The number of rotatable bonds is 3. The van der Waals surface area contributed by atoms with Crippen LogP contribution in [0.2, 0.25) is 5.02 Å². The highest BCUT2D eigenvalue weighted by atomic mass is 35.5. The van der Waals surface area contributed by atoms with Crippen molar-refractivity contribution in [2.24, 2.45) is 0 Å². The van der Waals surface area contributed by atoms with Crippen LogP contribution in [0.25, 0.3) is 0 Å². The topological polar surface area (TPSA) is 101 Å². The molecule has 28 heavy (non-hydrogen) atoms. The highest BCUT2D eigenvalue weighted by Crippen LogP contribution is 2.48. The molecule has 4 rings (SSSR count). The van der Waals surface area contributed by atoms with Gasteiger partial charge >= 0.3 is 12.0 Å². The Morgan fingerprint density at radius 2 is 1.89 bits per heavy atom. The summed E-state index contributed by atoms with van der Waals surface area (Å²) < 4.78 is 5.95. The summed E-state index contributed by atoms with van der Waals surface area (Å²) in [5, 5.41) is 12.7. The first kappa shape index (κ1) is 18.7. The van der Waals surface area contributed by atoms with Crippen molar-refractivity contribution in [2.75, 3.05) is 5.32 Å². The number of anilines is 1. The monoisotopic (exact) mass is 401 g/mol. The fraction of sp³-hybridized carbons (Fsp3) is 0.400. The Morgan fingerprint density at radius 1 is 1.25 bits per heavy atom. The minimum Gasteiger partial charge on any atom is -0.478 e. The highest BCUT2D eigenvalue weighted by Gasteiger charge is 2.49. The number of aromatic nitrogens is 2. The number of carbonyl (C=O) groups excluding carboxylic acids is 1. The zero-order valence-electron chi connectivity index (χ0n) is 15.6. The summed E-state index contributed by atoms with van der Waals surface area (Å²) in [6.45, 7) is 3.61. The molecule has 0 radical (unpaired) electrons. The molecule has 0 atom stereocenters. The van der Waals surface area contributed by atoms with Gasteiger partial charge in [0.05, 0.1) is 27.4 Å². The lowest BCUT2D eigenvalue weighted by Gasteiger charge is -2.35. The van der Waals surface area contributed by atoms with E-state index in [-0.39, 0.29) is 17.6 Å². The van der Waals surface area contributed by atoms with Crippen LogP contribution < -0.4 is 10.1 Å². The molecule has 2 heterocycles. The minimum absolute atomic E-state index is 0.0714. The molecule has 0 bridgehead atoms. The number of amides is 1. The van der Waals surface area contributed by atoms with Crippen LogP contribution in [0.3, 0.4) is 0 Å². The number of ether oxygens (including phenoxy) is 1. The average Bonchev–Trinajstić information content (AvgIpc) is 2.92. The van der Waals surface area contributed by atoms with E-state index in [1.165, 1.54) is 6.07 Å². The van der Waals surface area contributed by atoms with Crippen LogP contribution in [-0.2, 0) is 10.2 Å². The summed E-state index contributed by atoms with van der Waals surface area (Å²) >= 11 is 6.11. The Morgan fingerprint density at radius 3 is 2.50 bits per heavy atom. The minimum atomic E-state index is -1.00. The van der Waals surface area contributed by atoms with Crippen LogP contribution in [0.1, 0.15) is 53.0 Å². The van der Waals surface area contributed by atoms with Crippen LogP contribution in [0, 0.1) is 13.8 Å². The maximum absolute atomic E-state index is 12.7. The lowest BCUT2D eigenvalue weighted by molar-refractivity contribution is -0.122. The van der Waals surface area contributed by atoms with Crippen molar-refractivity contribution in [1.82, 2.24) is 9.97 Å². The van der Waals surface area contributed by atoms with Gasteiger partial charge < -0.3 is 15.2 Å². The Hall–Kier alpha value is -2.67. The number of fused-ring (bicyclic) bond motifs is 2. The third-order valence-electron chi connectivity index (χ3n) is 5.69. The zero-order chi connectivity index (χ0) is 20.1. The highest BCUT2D eigenvalue weighted by molar-refractivity contribution is 6.31. The normalized spacial score (nSPS) is 23.4. The molecule has 1 aliphatic carbocycles. The SMILES string of the molecule is Cc1nc(OC2CCC3(CC2)C(=O)Nc2ccc(C(=O)O)cc23)nc(C)c1Cl. The number of carbonyl (C=O) groups is 2. The van der Waals surface area contributed by atoms with Crippen LogP contribution in [0.15, 0.2) is 18.2 Å². The Kier molecular flexibility index (Phi) is 4.50. The molecular weight excluding hydrogens is 382 g/mol. The molecule has 0 unspecified atom stereocenters. The van der Waals surface area contributed by atoms with Crippen molar-refractivity contribution in [3.05, 3.63) is 45.7 Å². The Bertz CT molecular complexity index is 960. The zero-order valence-corrected chi connectivity index (χ0v) is 16.3. The molecule has 2 aliphatic rings. The van der Waals surface area contributed by atoms with Gasteiger partial charge in [-0.1, -0.05) is 11.6 Å². The van der Waals surface area contributed by atoms with Gasteiger partial charge in [-0.3, -0.25) is 4.79 Å². The largest absolute Gasteiger partial charge is 0.478 e. The predicted molar refractivity (Wildman–Crippen MR) is 103 cm³/mol. The predicted octanol–water partition coefficient (Wildman–Crippen LogP) is 3.66. The molecule has 2 N–H and O–H groups in total. The van der Waals surface area contributed by atoms with E-state index in [9.17, 15) is 14.7 Å². The van der Waals surface area contributed by atoms with E-state index in [1.54, 1.807) is 26.0 Å². The molecule has 1 amide bonds. The number of aryl methyl sites for hydroxylation is 2. The van der Waals surface area contributed by atoms with Crippen LogP contribution in [0.4, 0.5) is 5.69 Å². The molecule has 1 saturated carbocycles. The van der Waals surface area contributed by atoms with Crippen molar-refractivity contribution in [1.29, 1.82) is 0 Å². The van der Waals surface area contributed by atoms with E-state index < -0.39 is 11.4 Å². The second-order valence-corrected chi connectivity index (χ2v) is 7.79. The van der Waals surface area contributed by atoms with Crippen molar-refractivity contribution in [3.8, 4) is 6.01 Å². The van der Waals surface area contributed by atoms with E-state index in [4.69, 9.17) is 16.3 Å². The second-order valence-electron chi connectivity index (χ2n) is 7.41. The molecule has 1 fully saturated rings. The molecule has 8 heteroatoms. The van der Waals surface area contributed by atoms with Gasteiger partial charge in [0.1, 0.15) is 6.10 Å². The van der Waals surface area contributed by atoms with Crippen molar-refractivity contribution in [2.45, 2.75) is 51.0 Å². The third-order valence-corrected chi connectivity index (χ3v) is 6.23. The molecule has 1 aromatic heterocycles. The molecule has 1 aromatic carbocycles. The fourth-order valence-electron chi connectivity index (χ4n) is 4.12. The maximum atomic E-state index is 12.7. The number of carboxylic acids is 1. The van der Waals surface area contributed by atoms with E-state index >= 15 is 0 Å². The number of nitrogens with one attached hydrogen (secondary N) is 1. The van der Waals surface area contributed by atoms with E-state index in [0.717, 1.165) is 5.56 Å². The van der Waals surface area contributed by atoms with Gasteiger partial charge in [-0.15, -0.1) is 0 Å². The van der Waals surface area contributed by atoms with Crippen molar-refractivity contribution < 1.29 is 19.4 Å². The van der Waals surface area contributed by atoms with E-state index in [1.807, 2.05) is 0 Å². The fourth-order valence-corrected chi connectivity index (χ4v) is 4.20. The van der Waals surface area contributed by atoms with Crippen molar-refractivity contribution in [3.63, 3.8) is 0 Å². The average molecular weight is 402 g/mol. The molecule has 0 saturated heterocycles. The van der Waals surface area contributed by atoms with Crippen LogP contribution in [-0.4, -0.2) is 33.1 Å². The lowest BCUT2D eigenvalue weighted by Crippen LogP contribution is -2.41. The number of aromatic carboxylic acids is 1. The standard InChI is InChI=1S/C20H20ClN3O4/c1-10-16(21)11(2)23-19(22-10)28-13-5-7-20(8-6-13)14-9-12(17(25)26)3-4-15(14)24-18(20)27/h3-4,9,13H,5-8H2,1-2H3,(H,24,27)(H,25,26). The van der Waals surface area contributed by atoms with Gasteiger partial charge in [0.15, 0.2) is 0 Å². The Labute approximate surface area is 167 Å². The molecular formula is C20H20ClN3O4. The van der Waals surface area contributed by atoms with E-state index in [0.29, 0.717) is 53.8 Å². The quantitative estimate of drug-likeness (QED) is 0.813. The second kappa shape index (κ2) is 6.74. The van der Waals surface area contributed by atoms with Gasteiger partial charge in [0, 0.05) is 5.69 Å². The summed E-state index contributed by atoms with van der Waals surface area (Å²) in [6, 6.07) is 5.09. The summed E-state index contributed by atoms with van der Waals surface area (Å²) in [4.78, 5) is 32.7. The first-order valence-corrected chi connectivity index (χ1v) is 9.54. The van der Waals surface area contributed by atoms with Crippen LogP contribution >= 0.6 is 11.6 Å². The third kappa shape index (κ3) is 2.99. The van der Waals surface area contributed by atoms with Gasteiger partial charge in [-0.05, 0) is 63.3 Å². The molecule has 1 aliphatic heterocycles. The number of halogens is 1. The summed E-state index contributed by atoms with van der Waals surface area (Å²) in [6.07, 6.45) is 2.34. The smallest absolute Gasteiger partial charge is 0.335 e. The Balaban J connectivity index is 1.54. The molecule has 1 spiro atoms. The number of benzene rings is 1. The summed E-state index contributed by atoms with van der Waals surface area (Å²) in [5.41, 5.74) is 2.29. The number of nitrogens with zero attached hydrogens (tertiary/aromatic N) is 2. The van der Waals surface area contributed by atoms with Gasteiger partial charge in [0.25, 0.3) is 0 Å². The first-order valence-electron chi connectivity index (χ1n) is 9.17. The summed E-state index contributed by atoms with van der Waals surface area (Å²) in [7, 11) is 0.